The number of hydrogen-bond donors (Lipinski definition) is 2. The summed E-state index contributed by atoms with van der Waals surface area (Å²) in [6, 6.07) is 24.5. The second-order valence-corrected chi connectivity index (χ2v) is 7.47. The van der Waals surface area contributed by atoms with Crippen LogP contribution in [0.2, 0.25) is 0 Å². The number of para-hydroxylation sites is 1. The van der Waals surface area contributed by atoms with Crippen molar-refractivity contribution in [1.82, 2.24) is 5.32 Å². The Hall–Kier alpha value is -3.42. The Bertz CT molecular complexity index is 1040. The minimum absolute atomic E-state index is 0.186. The lowest BCUT2D eigenvalue weighted by Gasteiger charge is -2.14. The number of carbonyl (C=O) groups excluding carboxylic acids is 1. The minimum Gasteiger partial charge on any atom is -0.492 e. The number of hydrogen-bond acceptors (Lipinski definition) is 5. The van der Waals surface area contributed by atoms with Crippen LogP contribution >= 0.6 is 12.2 Å². The number of rotatable bonds is 11. The minimum atomic E-state index is -0.341. The highest BCUT2D eigenvalue weighted by molar-refractivity contribution is 7.80. The van der Waals surface area contributed by atoms with Gasteiger partial charge in [-0.25, -0.2) is 0 Å². The lowest BCUT2D eigenvalue weighted by Crippen LogP contribution is -2.34. The Morgan fingerprint density at radius 1 is 0.879 bits per heavy atom. The second-order valence-electron chi connectivity index (χ2n) is 7.06. The molecule has 0 aliphatic rings. The molecule has 0 aliphatic carbocycles. The molecule has 0 saturated heterocycles. The molecule has 33 heavy (non-hydrogen) atoms. The van der Waals surface area contributed by atoms with E-state index in [2.05, 4.69) is 10.6 Å². The summed E-state index contributed by atoms with van der Waals surface area (Å²) in [4.78, 5) is 12.8. The maximum Gasteiger partial charge on any atom is 0.261 e. The molecule has 3 aromatic carbocycles. The van der Waals surface area contributed by atoms with Gasteiger partial charge in [-0.2, -0.15) is 0 Å². The molecule has 0 aromatic heterocycles. The van der Waals surface area contributed by atoms with E-state index in [9.17, 15) is 4.79 Å². The molecule has 3 rings (SSSR count). The first-order chi connectivity index (χ1) is 16.2. The van der Waals surface area contributed by atoms with E-state index in [0.29, 0.717) is 49.2 Å². The molecule has 1 amide bonds. The maximum atomic E-state index is 12.8. The maximum absolute atomic E-state index is 12.8. The molecular formula is C26H28N2O4S. The van der Waals surface area contributed by atoms with Crippen LogP contribution in [0, 0.1) is 0 Å². The van der Waals surface area contributed by atoms with E-state index in [4.69, 9.17) is 26.4 Å². The third kappa shape index (κ3) is 8.21. The van der Waals surface area contributed by atoms with Gasteiger partial charge in [0.05, 0.1) is 18.8 Å². The normalized spacial score (nSPS) is 10.3. The average molecular weight is 465 g/mol. The van der Waals surface area contributed by atoms with Gasteiger partial charge in [-0.15, -0.1) is 0 Å². The van der Waals surface area contributed by atoms with E-state index in [1.54, 1.807) is 18.2 Å². The standard InChI is InChI=1S/C26H28N2O4S/c1-2-30-17-18-31-22-12-8-11-21(19-22)27-26(33)28-25(29)23-13-6-7-14-24(23)32-16-15-20-9-4-3-5-10-20/h3-14,19H,2,15-18H2,1H3,(H2,27,28,29,33). The molecular weight excluding hydrogens is 436 g/mol. The number of amides is 1. The molecule has 0 heterocycles. The third-order valence-electron chi connectivity index (χ3n) is 4.64. The van der Waals surface area contributed by atoms with E-state index in [1.807, 2.05) is 67.6 Å². The van der Waals surface area contributed by atoms with Crippen LogP contribution in [-0.4, -0.2) is 37.4 Å². The molecule has 0 aliphatic heterocycles. The van der Waals surface area contributed by atoms with Crippen molar-refractivity contribution in [2.24, 2.45) is 0 Å². The van der Waals surface area contributed by atoms with Crippen LogP contribution in [-0.2, 0) is 11.2 Å². The van der Waals surface area contributed by atoms with Crippen molar-refractivity contribution in [3.05, 3.63) is 90.0 Å². The van der Waals surface area contributed by atoms with Gasteiger partial charge in [0.1, 0.15) is 18.1 Å². The Labute approximate surface area is 199 Å². The number of benzene rings is 3. The number of anilines is 1. The summed E-state index contributed by atoms with van der Waals surface area (Å²) in [5.41, 5.74) is 2.30. The monoisotopic (exact) mass is 464 g/mol. The Balaban J connectivity index is 1.53. The van der Waals surface area contributed by atoms with Gasteiger partial charge in [0.15, 0.2) is 5.11 Å². The van der Waals surface area contributed by atoms with Crippen molar-refractivity contribution in [1.29, 1.82) is 0 Å². The topological polar surface area (TPSA) is 68.8 Å². The van der Waals surface area contributed by atoms with E-state index >= 15 is 0 Å². The van der Waals surface area contributed by atoms with Crippen molar-refractivity contribution in [2.45, 2.75) is 13.3 Å². The molecule has 2 N–H and O–H groups in total. The Morgan fingerprint density at radius 2 is 1.67 bits per heavy atom. The van der Waals surface area contributed by atoms with Crippen LogP contribution in [0.25, 0.3) is 0 Å². The summed E-state index contributed by atoms with van der Waals surface area (Å²) in [7, 11) is 0. The molecule has 7 heteroatoms. The highest BCUT2D eigenvalue weighted by Crippen LogP contribution is 2.19. The second kappa shape index (κ2) is 13.2. The van der Waals surface area contributed by atoms with E-state index in [0.717, 1.165) is 6.42 Å². The summed E-state index contributed by atoms with van der Waals surface area (Å²) in [6.07, 6.45) is 0.750. The van der Waals surface area contributed by atoms with Gasteiger partial charge < -0.3 is 19.5 Å². The number of nitrogens with one attached hydrogen (secondary N) is 2. The van der Waals surface area contributed by atoms with Gasteiger partial charge in [0.25, 0.3) is 5.91 Å². The molecule has 6 nitrogen and oxygen atoms in total. The molecule has 0 radical (unpaired) electrons. The molecule has 0 spiro atoms. The summed E-state index contributed by atoms with van der Waals surface area (Å²) in [5, 5.41) is 5.91. The zero-order valence-corrected chi connectivity index (χ0v) is 19.4. The molecule has 0 saturated carbocycles. The van der Waals surface area contributed by atoms with Crippen LogP contribution in [0.3, 0.4) is 0 Å². The smallest absolute Gasteiger partial charge is 0.261 e. The SMILES string of the molecule is CCOCCOc1cccc(NC(=S)NC(=O)c2ccccc2OCCc2ccccc2)c1. The number of carbonyl (C=O) groups is 1. The van der Waals surface area contributed by atoms with Crippen LogP contribution in [0.5, 0.6) is 11.5 Å². The largest absolute Gasteiger partial charge is 0.492 e. The van der Waals surface area contributed by atoms with Gasteiger partial charge in [0, 0.05) is 24.8 Å². The molecule has 0 fully saturated rings. The van der Waals surface area contributed by atoms with E-state index < -0.39 is 0 Å². The Kier molecular flexibility index (Phi) is 9.69. The van der Waals surface area contributed by atoms with Gasteiger partial charge in [-0.3, -0.25) is 10.1 Å². The van der Waals surface area contributed by atoms with Crippen LogP contribution in [0.1, 0.15) is 22.8 Å². The summed E-state index contributed by atoms with van der Waals surface area (Å²) in [5.74, 6) is 0.858. The first kappa shape index (κ1) is 24.2. The van der Waals surface area contributed by atoms with Crippen molar-refractivity contribution in [3.63, 3.8) is 0 Å². The molecule has 172 valence electrons. The predicted octanol–water partition coefficient (Wildman–Crippen LogP) is 4.85. The molecule has 0 atom stereocenters. The zero-order chi connectivity index (χ0) is 23.3. The summed E-state index contributed by atoms with van der Waals surface area (Å²) in [6.45, 7) is 4.04. The highest BCUT2D eigenvalue weighted by atomic mass is 32.1. The fraction of sp³-hybridized carbons (Fsp3) is 0.231. The zero-order valence-electron chi connectivity index (χ0n) is 18.6. The first-order valence-corrected chi connectivity index (χ1v) is 11.2. The first-order valence-electron chi connectivity index (χ1n) is 10.8. The predicted molar refractivity (Wildman–Crippen MR) is 134 cm³/mol. The van der Waals surface area contributed by atoms with E-state index in [-0.39, 0.29) is 11.0 Å². The third-order valence-corrected chi connectivity index (χ3v) is 4.85. The molecule has 0 bridgehead atoms. The van der Waals surface area contributed by atoms with Crippen LogP contribution in [0.15, 0.2) is 78.9 Å². The molecule has 3 aromatic rings. The van der Waals surface area contributed by atoms with Crippen molar-refractivity contribution < 1.29 is 19.0 Å². The lowest BCUT2D eigenvalue weighted by atomic mass is 10.1. The summed E-state index contributed by atoms with van der Waals surface area (Å²) < 4.78 is 16.8. The fourth-order valence-electron chi connectivity index (χ4n) is 3.06. The average Bonchev–Trinajstić information content (AvgIpc) is 2.83. The van der Waals surface area contributed by atoms with Gasteiger partial charge >= 0.3 is 0 Å². The van der Waals surface area contributed by atoms with Gasteiger partial charge in [0.2, 0.25) is 0 Å². The molecule has 0 unspecified atom stereocenters. The van der Waals surface area contributed by atoms with Crippen molar-refractivity contribution in [2.75, 3.05) is 31.7 Å². The van der Waals surface area contributed by atoms with Crippen LogP contribution < -0.4 is 20.1 Å². The van der Waals surface area contributed by atoms with Gasteiger partial charge in [-0.05, 0) is 49.0 Å². The van der Waals surface area contributed by atoms with Crippen molar-refractivity contribution in [3.8, 4) is 11.5 Å². The Morgan fingerprint density at radius 3 is 2.48 bits per heavy atom. The quantitative estimate of drug-likeness (QED) is 0.312. The van der Waals surface area contributed by atoms with E-state index in [1.165, 1.54) is 5.56 Å². The van der Waals surface area contributed by atoms with Crippen molar-refractivity contribution >= 4 is 28.9 Å². The number of ether oxygens (including phenoxy) is 3. The fourth-order valence-corrected chi connectivity index (χ4v) is 3.27. The lowest BCUT2D eigenvalue weighted by molar-refractivity contribution is 0.0974. The van der Waals surface area contributed by atoms with Gasteiger partial charge in [-0.1, -0.05) is 48.5 Å². The summed E-state index contributed by atoms with van der Waals surface area (Å²) >= 11 is 5.33. The number of thiocarbonyl (C=S) groups is 1. The highest BCUT2D eigenvalue weighted by Gasteiger charge is 2.14. The van der Waals surface area contributed by atoms with Crippen LogP contribution in [0.4, 0.5) is 5.69 Å².